The Balaban J connectivity index is 2.22. The van der Waals surface area contributed by atoms with Crippen molar-refractivity contribution in [1.82, 2.24) is 10.2 Å². The molecule has 0 aliphatic carbocycles. The summed E-state index contributed by atoms with van der Waals surface area (Å²) in [6.45, 7) is 0. The van der Waals surface area contributed by atoms with E-state index < -0.39 is 0 Å². The van der Waals surface area contributed by atoms with E-state index >= 15 is 0 Å². The maximum Gasteiger partial charge on any atom is 0.153 e. The van der Waals surface area contributed by atoms with Crippen LogP contribution >= 0.6 is 15.9 Å². The summed E-state index contributed by atoms with van der Waals surface area (Å²) in [6.07, 6.45) is 0. The van der Waals surface area contributed by atoms with Crippen molar-refractivity contribution in [2.24, 2.45) is 0 Å². The van der Waals surface area contributed by atoms with E-state index in [0.29, 0.717) is 5.82 Å². The van der Waals surface area contributed by atoms with Crippen molar-refractivity contribution >= 4 is 32.7 Å². The molecule has 3 N–H and O–H groups in total. The summed E-state index contributed by atoms with van der Waals surface area (Å²) in [5.74, 6) is 1.18. The third-order valence-electron chi connectivity index (χ3n) is 2.37. The highest BCUT2D eigenvalue weighted by atomic mass is 79.9. The Morgan fingerprint density at radius 2 is 2.19 bits per heavy atom. The van der Waals surface area contributed by atoms with E-state index in [1.165, 1.54) is 0 Å². The fourth-order valence-electron chi connectivity index (χ4n) is 1.62. The first kappa shape index (κ1) is 9.47. The largest absolute Gasteiger partial charge is 0.454 e. The Bertz CT molecular complexity index is 656. The molecular formula is C11H8BrN3O. The molecule has 2 aromatic heterocycles. The highest BCUT2D eigenvalue weighted by Crippen LogP contribution is 2.31. The van der Waals surface area contributed by atoms with Gasteiger partial charge >= 0.3 is 0 Å². The third kappa shape index (κ3) is 1.40. The van der Waals surface area contributed by atoms with E-state index in [2.05, 4.69) is 26.1 Å². The average molecular weight is 278 g/mol. The van der Waals surface area contributed by atoms with E-state index in [1.807, 2.05) is 24.3 Å². The molecule has 5 heteroatoms. The molecule has 0 amide bonds. The minimum Gasteiger partial charge on any atom is -0.454 e. The number of nitrogens with zero attached hydrogens (tertiary/aromatic N) is 1. The van der Waals surface area contributed by atoms with Crippen LogP contribution < -0.4 is 5.73 Å². The number of nitrogens with one attached hydrogen (secondary N) is 1. The number of nitrogens with two attached hydrogens (primary N) is 1. The minimum atomic E-state index is 0.453. The highest BCUT2D eigenvalue weighted by molar-refractivity contribution is 9.10. The van der Waals surface area contributed by atoms with Gasteiger partial charge in [-0.25, -0.2) is 0 Å². The predicted octanol–water partition coefficient (Wildman–Crippen LogP) is 3.17. The number of rotatable bonds is 1. The number of fused-ring (bicyclic) bond motifs is 1. The molecule has 2 heterocycles. The summed E-state index contributed by atoms with van der Waals surface area (Å²) < 4.78 is 6.70. The van der Waals surface area contributed by atoms with E-state index in [4.69, 9.17) is 10.2 Å². The first-order valence-electron chi connectivity index (χ1n) is 4.73. The lowest BCUT2D eigenvalue weighted by Crippen LogP contribution is -1.81. The Hall–Kier alpha value is -1.75. The Kier molecular flexibility index (Phi) is 2.00. The van der Waals surface area contributed by atoms with Gasteiger partial charge in [-0.3, -0.25) is 5.10 Å². The lowest BCUT2D eigenvalue weighted by Gasteiger charge is -1.89. The summed E-state index contributed by atoms with van der Waals surface area (Å²) in [7, 11) is 0. The summed E-state index contributed by atoms with van der Waals surface area (Å²) in [5.41, 5.74) is 7.16. The molecule has 0 spiro atoms. The molecule has 0 saturated carbocycles. The third-order valence-corrected chi connectivity index (χ3v) is 3.06. The number of aromatic amines is 1. The first-order valence-corrected chi connectivity index (χ1v) is 5.52. The van der Waals surface area contributed by atoms with E-state index in [-0.39, 0.29) is 0 Å². The van der Waals surface area contributed by atoms with Gasteiger partial charge in [0.05, 0.1) is 0 Å². The van der Waals surface area contributed by atoms with E-state index in [1.54, 1.807) is 6.07 Å². The zero-order valence-corrected chi connectivity index (χ0v) is 9.78. The van der Waals surface area contributed by atoms with Crippen LogP contribution in [0.5, 0.6) is 0 Å². The maximum absolute atomic E-state index is 5.69. The van der Waals surface area contributed by atoms with Gasteiger partial charge in [0, 0.05) is 15.9 Å². The van der Waals surface area contributed by atoms with Crippen LogP contribution in [0.4, 0.5) is 5.82 Å². The van der Waals surface area contributed by atoms with Gasteiger partial charge in [-0.1, -0.05) is 22.0 Å². The molecule has 0 fully saturated rings. The maximum atomic E-state index is 5.69. The molecule has 4 nitrogen and oxygen atoms in total. The molecule has 80 valence electrons. The van der Waals surface area contributed by atoms with Gasteiger partial charge < -0.3 is 10.2 Å². The van der Waals surface area contributed by atoms with Crippen LogP contribution in [0.3, 0.4) is 0 Å². The van der Waals surface area contributed by atoms with Crippen molar-refractivity contribution in [3.8, 4) is 11.5 Å². The molecule has 1 aromatic carbocycles. The quantitative estimate of drug-likeness (QED) is 0.718. The number of H-pyrrole nitrogens is 1. The molecule has 0 atom stereocenters. The van der Waals surface area contributed by atoms with Crippen LogP contribution in [-0.4, -0.2) is 10.2 Å². The van der Waals surface area contributed by atoms with E-state index in [9.17, 15) is 0 Å². The number of halogens is 1. The number of furan rings is 1. The second-order valence-corrected chi connectivity index (χ2v) is 4.32. The van der Waals surface area contributed by atoms with Crippen molar-refractivity contribution in [2.75, 3.05) is 5.73 Å². The fourth-order valence-corrected chi connectivity index (χ4v) is 2.08. The minimum absolute atomic E-state index is 0.453. The number of aromatic nitrogens is 2. The predicted molar refractivity (Wildman–Crippen MR) is 65.9 cm³/mol. The topological polar surface area (TPSA) is 67.8 Å². The van der Waals surface area contributed by atoms with Gasteiger partial charge in [0.25, 0.3) is 0 Å². The van der Waals surface area contributed by atoms with Gasteiger partial charge in [0.1, 0.15) is 17.1 Å². The normalized spacial score (nSPS) is 11.1. The highest BCUT2D eigenvalue weighted by Gasteiger charge is 2.09. The Morgan fingerprint density at radius 3 is 2.88 bits per heavy atom. The molecule has 0 aliphatic heterocycles. The number of anilines is 1. The number of hydrogen-bond donors (Lipinski definition) is 2. The molecule has 0 aliphatic rings. The second-order valence-electron chi connectivity index (χ2n) is 3.47. The molecule has 0 radical (unpaired) electrons. The van der Waals surface area contributed by atoms with Crippen molar-refractivity contribution in [1.29, 1.82) is 0 Å². The van der Waals surface area contributed by atoms with Gasteiger partial charge in [-0.15, -0.1) is 0 Å². The molecule has 0 saturated heterocycles. The smallest absolute Gasteiger partial charge is 0.153 e. The van der Waals surface area contributed by atoms with Gasteiger partial charge in [0.15, 0.2) is 5.76 Å². The second kappa shape index (κ2) is 3.38. The summed E-state index contributed by atoms with van der Waals surface area (Å²) >= 11 is 3.48. The lowest BCUT2D eigenvalue weighted by atomic mass is 10.2. The Labute approximate surface area is 99.6 Å². The molecular weight excluding hydrogens is 270 g/mol. The van der Waals surface area contributed by atoms with Crippen LogP contribution in [0, 0.1) is 0 Å². The number of nitrogen functional groups attached to an aromatic ring is 1. The monoisotopic (exact) mass is 277 g/mol. The fraction of sp³-hybridized carbons (Fsp3) is 0. The van der Waals surface area contributed by atoms with Crippen LogP contribution in [-0.2, 0) is 0 Å². The van der Waals surface area contributed by atoms with Gasteiger partial charge in [-0.2, -0.15) is 5.10 Å². The van der Waals surface area contributed by atoms with Gasteiger partial charge in [0.2, 0.25) is 0 Å². The lowest BCUT2D eigenvalue weighted by molar-refractivity contribution is 0.628. The summed E-state index contributed by atoms with van der Waals surface area (Å²) in [6, 6.07) is 9.52. The molecule has 3 rings (SSSR count). The van der Waals surface area contributed by atoms with Crippen LogP contribution in [0.25, 0.3) is 22.4 Å². The zero-order valence-electron chi connectivity index (χ0n) is 8.20. The van der Waals surface area contributed by atoms with Crippen molar-refractivity contribution < 1.29 is 4.42 Å². The zero-order chi connectivity index (χ0) is 11.1. The molecule has 0 unspecified atom stereocenters. The van der Waals surface area contributed by atoms with Crippen molar-refractivity contribution in [3.63, 3.8) is 0 Å². The van der Waals surface area contributed by atoms with Crippen LogP contribution in [0.15, 0.2) is 39.2 Å². The first-order chi connectivity index (χ1) is 7.74. The van der Waals surface area contributed by atoms with Crippen LogP contribution in [0.1, 0.15) is 0 Å². The SMILES string of the molecule is Nc1cc(-c2cc3c(Br)cccc3o2)[nH]n1. The van der Waals surface area contributed by atoms with Crippen molar-refractivity contribution in [3.05, 3.63) is 34.8 Å². The van der Waals surface area contributed by atoms with Crippen molar-refractivity contribution in [2.45, 2.75) is 0 Å². The standard InChI is InChI=1S/C11H8BrN3O/c12-7-2-1-3-9-6(7)4-10(16-9)8-5-11(13)15-14-8/h1-5H,(H3,13,14,15). The van der Waals surface area contributed by atoms with E-state index in [0.717, 1.165) is 26.9 Å². The molecule has 0 bridgehead atoms. The summed E-state index contributed by atoms with van der Waals surface area (Å²) in [5, 5.41) is 7.72. The summed E-state index contributed by atoms with van der Waals surface area (Å²) in [4.78, 5) is 0. The molecule has 3 aromatic rings. The van der Waals surface area contributed by atoms with Gasteiger partial charge in [-0.05, 0) is 18.2 Å². The number of hydrogen-bond acceptors (Lipinski definition) is 3. The Morgan fingerprint density at radius 1 is 1.31 bits per heavy atom. The molecule has 16 heavy (non-hydrogen) atoms. The average Bonchev–Trinajstić information content (AvgIpc) is 2.84. The van der Waals surface area contributed by atoms with Crippen LogP contribution in [0.2, 0.25) is 0 Å². The number of benzene rings is 1.